The summed E-state index contributed by atoms with van der Waals surface area (Å²) in [6, 6.07) is 0.588. The summed E-state index contributed by atoms with van der Waals surface area (Å²) in [5.41, 5.74) is 5.97. The Bertz CT molecular complexity index is 488. The predicted molar refractivity (Wildman–Crippen MR) is 79.9 cm³/mol. The molecule has 6 heteroatoms. The van der Waals surface area contributed by atoms with E-state index in [0.29, 0.717) is 23.8 Å². The zero-order valence-corrected chi connectivity index (χ0v) is 12.7. The van der Waals surface area contributed by atoms with Gasteiger partial charge in [0, 0.05) is 24.5 Å². The van der Waals surface area contributed by atoms with Gasteiger partial charge in [-0.2, -0.15) is 0 Å². The molecule has 0 saturated heterocycles. The lowest BCUT2D eigenvalue weighted by Gasteiger charge is -2.35. The molecule has 3 rings (SSSR count). The molecule has 2 fully saturated rings. The van der Waals surface area contributed by atoms with Crippen molar-refractivity contribution in [1.82, 2.24) is 20.1 Å². The van der Waals surface area contributed by atoms with Crippen molar-refractivity contribution < 1.29 is 4.79 Å². The molecule has 1 heterocycles. The Morgan fingerprint density at radius 3 is 2.62 bits per heavy atom. The second-order valence-corrected chi connectivity index (χ2v) is 6.39. The van der Waals surface area contributed by atoms with Gasteiger partial charge in [0.2, 0.25) is 5.82 Å². The smallest absolute Gasteiger partial charge is 0.293 e. The Hall–Kier alpha value is -1.43. The molecule has 0 radical (unpaired) electrons. The highest BCUT2D eigenvalue weighted by Crippen LogP contribution is 2.37. The third-order valence-corrected chi connectivity index (χ3v) is 4.57. The third kappa shape index (κ3) is 3.26. The summed E-state index contributed by atoms with van der Waals surface area (Å²) >= 11 is 0. The Balaban J connectivity index is 1.70. The van der Waals surface area contributed by atoms with Crippen LogP contribution in [-0.2, 0) is 0 Å². The van der Waals surface area contributed by atoms with E-state index < -0.39 is 0 Å². The fourth-order valence-electron chi connectivity index (χ4n) is 3.14. The normalized spacial score (nSPS) is 25.8. The SMILES string of the molecule is CCCN(C(=O)c1n[nH]c(C2CC2)n1)C1CCC(N)CC1. The fraction of sp³-hybridized carbons (Fsp3) is 0.800. The van der Waals surface area contributed by atoms with Crippen LogP contribution < -0.4 is 5.73 Å². The van der Waals surface area contributed by atoms with Gasteiger partial charge in [0.15, 0.2) is 0 Å². The summed E-state index contributed by atoms with van der Waals surface area (Å²) in [7, 11) is 0. The first-order chi connectivity index (χ1) is 10.2. The number of carbonyl (C=O) groups is 1. The van der Waals surface area contributed by atoms with Crippen LogP contribution in [0.3, 0.4) is 0 Å². The van der Waals surface area contributed by atoms with E-state index in [-0.39, 0.29) is 5.91 Å². The van der Waals surface area contributed by atoms with E-state index in [0.717, 1.165) is 57.3 Å². The van der Waals surface area contributed by atoms with Gasteiger partial charge in [-0.05, 0) is 44.9 Å². The minimum Gasteiger partial charge on any atom is -0.333 e. The fourth-order valence-corrected chi connectivity index (χ4v) is 3.14. The van der Waals surface area contributed by atoms with E-state index in [1.165, 1.54) is 0 Å². The molecule has 116 valence electrons. The Morgan fingerprint density at radius 1 is 1.29 bits per heavy atom. The van der Waals surface area contributed by atoms with Crippen LogP contribution in [0.5, 0.6) is 0 Å². The van der Waals surface area contributed by atoms with Crippen LogP contribution in [0.1, 0.15) is 74.2 Å². The van der Waals surface area contributed by atoms with Crippen molar-refractivity contribution in [3.05, 3.63) is 11.6 Å². The maximum Gasteiger partial charge on any atom is 0.293 e. The highest BCUT2D eigenvalue weighted by molar-refractivity contribution is 5.90. The lowest BCUT2D eigenvalue weighted by Crippen LogP contribution is -2.45. The molecule has 2 aliphatic rings. The number of amides is 1. The number of H-pyrrole nitrogens is 1. The van der Waals surface area contributed by atoms with E-state index in [1.807, 2.05) is 4.90 Å². The predicted octanol–water partition coefficient (Wildman–Crippen LogP) is 1.80. The summed E-state index contributed by atoms with van der Waals surface area (Å²) in [6.07, 6.45) is 7.25. The van der Waals surface area contributed by atoms with E-state index in [9.17, 15) is 4.79 Å². The number of aromatic amines is 1. The highest BCUT2D eigenvalue weighted by atomic mass is 16.2. The van der Waals surface area contributed by atoms with Gasteiger partial charge >= 0.3 is 0 Å². The molecule has 3 N–H and O–H groups in total. The molecular formula is C15H25N5O. The van der Waals surface area contributed by atoms with Crippen LogP contribution in [0.15, 0.2) is 0 Å². The van der Waals surface area contributed by atoms with Crippen LogP contribution in [-0.4, -0.2) is 44.6 Å². The largest absolute Gasteiger partial charge is 0.333 e. The molecule has 1 amide bonds. The van der Waals surface area contributed by atoms with Crippen molar-refractivity contribution in [3.63, 3.8) is 0 Å². The van der Waals surface area contributed by atoms with Gasteiger partial charge < -0.3 is 10.6 Å². The standard InChI is InChI=1S/C15H25N5O/c1-2-9-20(12-7-5-11(16)6-8-12)15(21)14-17-13(18-19-14)10-3-4-10/h10-12H,2-9,16H2,1H3,(H,17,18,19). The monoisotopic (exact) mass is 291 g/mol. The first-order valence-corrected chi connectivity index (χ1v) is 8.18. The summed E-state index contributed by atoms with van der Waals surface area (Å²) in [5.74, 6) is 1.67. The Labute approximate surface area is 125 Å². The first-order valence-electron chi connectivity index (χ1n) is 8.18. The molecular weight excluding hydrogens is 266 g/mol. The molecule has 21 heavy (non-hydrogen) atoms. The minimum atomic E-state index is -0.0273. The highest BCUT2D eigenvalue weighted by Gasteiger charge is 2.32. The second-order valence-electron chi connectivity index (χ2n) is 6.39. The van der Waals surface area contributed by atoms with Gasteiger partial charge in [0.25, 0.3) is 5.91 Å². The molecule has 1 aromatic heterocycles. The van der Waals surface area contributed by atoms with Crippen LogP contribution in [0, 0.1) is 0 Å². The number of nitrogens with zero attached hydrogens (tertiary/aromatic N) is 3. The van der Waals surface area contributed by atoms with Crippen LogP contribution in [0.4, 0.5) is 0 Å². The third-order valence-electron chi connectivity index (χ3n) is 4.57. The molecule has 6 nitrogen and oxygen atoms in total. The van der Waals surface area contributed by atoms with Crippen molar-refractivity contribution >= 4 is 5.91 Å². The molecule has 0 bridgehead atoms. The lowest BCUT2D eigenvalue weighted by atomic mass is 9.90. The molecule has 2 saturated carbocycles. The summed E-state index contributed by atoms with van der Waals surface area (Å²) < 4.78 is 0. The first kappa shape index (κ1) is 14.5. The lowest BCUT2D eigenvalue weighted by molar-refractivity contribution is 0.0614. The van der Waals surface area contributed by atoms with E-state index in [2.05, 4.69) is 22.1 Å². The van der Waals surface area contributed by atoms with E-state index in [4.69, 9.17) is 5.73 Å². The van der Waals surface area contributed by atoms with Gasteiger partial charge in [-0.15, -0.1) is 5.10 Å². The zero-order valence-electron chi connectivity index (χ0n) is 12.7. The van der Waals surface area contributed by atoms with Crippen LogP contribution in [0.25, 0.3) is 0 Å². The minimum absolute atomic E-state index is 0.0273. The quantitative estimate of drug-likeness (QED) is 0.866. The molecule has 0 aromatic carbocycles. The number of hydrogen-bond donors (Lipinski definition) is 2. The zero-order chi connectivity index (χ0) is 14.8. The molecule has 0 spiro atoms. The average molecular weight is 291 g/mol. The topological polar surface area (TPSA) is 87.9 Å². The van der Waals surface area contributed by atoms with Gasteiger partial charge in [-0.3, -0.25) is 9.89 Å². The molecule has 0 atom stereocenters. The van der Waals surface area contributed by atoms with Crippen molar-refractivity contribution in [2.24, 2.45) is 5.73 Å². The van der Waals surface area contributed by atoms with Gasteiger partial charge in [0.1, 0.15) is 5.82 Å². The number of rotatable bonds is 5. The average Bonchev–Trinajstić information content (AvgIpc) is 3.23. The van der Waals surface area contributed by atoms with Crippen molar-refractivity contribution in [1.29, 1.82) is 0 Å². The molecule has 0 aliphatic heterocycles. The van der Waals surface area contributed by atoms with E-state index >= 15 is 0 Å². The molecule has 0 unspecified atom stereocenters. The number of hydrogen-bond acceptors (Lipinski definition) is 4. The van der Waals surface area contributed by atoms with Crippen molar-refractivity contribution in [2.75, 3.05) is 6.54 Å². The maximum atomic E-state index is 12.7. The molecule has 1 aromatic rings. The molecule has 2 aliphatic carbocycles. The van der Waals surface area contributed by atoms with Crippen LogP contribution in [0.2, 0.25) is 0 Å². The number of aromatic nitrogens is 3. The number of carbonyl (C=O) groups excluding carboxylic acids is 1. The van der Waals surface area contributed by atoms with E-state index in [1.54, 1.807) is 0 Å². The maximum absolute atomic E-state index is 12.7. The van der Waals surface area contributed by atoms with Gasteiger partial charge in [-0.25, -0.2) is 4.98 Å². The summed E-state index contributed by atoms with van der Waals surface area (Å²) in [6.45, 7) is 2.87. The number of nitrogens with one attached hydrogen (secondary N) is 1. The Morgan fingerprint density at radius 2 is 2.00 bits per heavy atom. The number of nitrogens with two attached hydrogens (primary N) is 1. The van der Waals surface area contributed by atoms with Crippen molar-refractivity contribution in [2.45, 2.75) is 69.9 Å². The van der Waals surface area contributed by atoms with Crippen molar-refractivity contribution in [3.8, 4) is 0 Å². The van der Waals surface area contributed by atoms with Crippen LogP contribution >= 0.6 is 0 Å². The van der Waals surface area contributed by atoms with Gasteiger partial charge in [0.05, 0.1) is 0 Å². The summed E-state index contributed by atoms with van der Waals surface area (Å²) in [4.78, 5) is 19.1. The summed E-state index contributed by atoms with van der Waals surface area (Å²) in [5, 5.41) is 7.07. The second kappa shape index (κ2) is 6.13. The van der Waals surface area contributed by atoms with Gasteiger partial charge in [-0.1, -0.05) is 6.92 Å². The Kier molecular flexibility index (Phi) is 4.24.